The van der Waals surface area contributed by atoms with E-state index in [1.807, 2.05) is 26.8 Å². The Hall–Kier alpha value is -2.54. The van der Waals surface area contributed by atoms with Crippen molar-refractivity contribution < 1.29 is 17.9 Å². The summed E-state index contributed by atoms with van der Waals surface area (Å²) in [4.78, 5) is 14.5. The van der Waals surface area contributed by atoms with Crippen LogP contribution in [0.2, 0.25) is 0 Å². The van der Waals surface area contributed by atoms with E-state index in [0.29, 0.717) is 18.8 Å². The van der Waals surface area contributed by atoms with Crippen LogP contribution in [0.15, 0.2) is 35.2 Å². The number of carbonyl (C=O) groups is 1. The van der Waals surface area contributed by atoms with Crippen molar-refractivity contribution in [3.63, 3.8) is 0 Å². The molecule has 2 aromatic rings. The van der Waals surface area contributed by atoms with Gasteiger partial charge < -0.3 is 9.64 Å². The van der Waals surface area contributed by atoms with Gasteiger partial charge in [-0.15, -0.1) is 0 Å². The summed E-state index contributed by atoms with van der Waals surface area (Å²) in [5.41, 5.74) is 3.92. The number of anilines is 2. The molecule has 29 heavy (non-hydrogen) atoms. The van der Waals surface area contributed by atoms with Crippen molar-refractivity contribution in [3.8, 4) is 5.75 Å². The van der Waals surface area contributed by atoms with Crippen LogP contribution >= 0.6 is 0 Å². The van der Waals surface area contributed by atoms with Gasteiger partial charge >= 0.3 is 0 Å². The number of amides is 1. The fraction of sp³-hybridized carbons (Fsp3) is 0.409. The molecule has 6 nitrogen and oxygen atoms in total. The van der Waals surface area contributed by atoms with Gasteiger partial charge in [0.1, 0.15) is 5.75 Å². The maximum absolute atomic E-state index is 13.0. The Labute approximate surface area is 171 Å². The molecule has 1 amide bonds. The van der Waals surface area contributed by atoms with Crippen LogP contribution in [0.5, 0.6) is 5.75 Å². The van der Waals surface area contributed by atoms with Crippen LogP contribution in [0.3, 0.4) is 0 Å². The molecule has 1 heterocycles. The van der Waals surface area contributed by atoms with Crippen LogP contribution < -0.4 is 14.4 Å². The Morgan fingerprint density at radius 3 is 2.48 bits per heavy atom. The molecule has 1 aliphatic carbocycles. The summed E-state index contributed by atoms with van der Waals surface area (Å²) in [7, 11) is -3.76. The Balaban J connectivity index is 1.61. The van der Waals surface area contributed by atoms with Gasteiger partial charge in [0.25, 0.3) is 10.0 Å². The van der Waals surface area contributed by atoms with Crippen molar-refractivity contribution in [3.05, 3.63) is 47.0 Å². The van der Waals surface area contributed by atoms with Gasteiger partial charge in [-0.25, -0.2) is 8.42 Å². The smallest absolute Gasteiger partial charge is 0.261 e. The molecule has 2 aromatic carbocycles. The fourth-order valence-electron chi connectivity index (χ4n) is 3.87. The summed E-state index contributed by atoms with van der Waals surface area (Å²) < 4.78 is 34.2. The summed E-state index contributed by atoms with van der Waals surface area (Å²) in [6, 6.07) is 8.68. The second-order valence-corrected chi connectivity index (χ2v) is 9.46. The molecule has 0 radical (unpaired) electrons. The predicted octanol–water partition coefficient (Wildman–Crippen LogP) is 3.80. The minimum Gasteiger partial charge on any atom is -0.493 e. The number of hydrogen-bond acceptors (Lipinski definition) is 4. The van der Waals surface area contributed by atoms with E-state index in [2.05, 4.69) is 4.72 Å². The third kappa shape index (κ3) is 3.83. The van der Waals surface area contributed by atoms with E-state index in [0.717, 1.165) is 47.4 Å². The Kier molecular flexibility index (Phi) is 5.02. The van der Waals surface area contributed by atoms with Gasteiger partial charge in [0.05, 0.1) is 17.2 Å². The molecular formula is C22H26N2O4S. The number of rotatable bonds is 6. The van der Waals surface area contributed by atoms with E-state index in [9.17, 15) is 13.2 Å². The average molecular weight is 415 g/mol. The van der Waals surface area contributed by atoms with Gasteiger partial charge in [-0.3, -0.25) is 9.52 Å². The van der Waals surface area contributed by atoms with Crippen molar-refractivity contribution in [1.29, 1.82) is 0 Å². The highest BCUT2D eigenvalue weighted by Gasteiger charge is 2.36. The molecular weight excluding hydrogens is 388 g/mol. The first kappa shape index (κ1) is 19.8. The maximum Gasteiger partial charge on any atom is 0.261 e. The lowest BCUT2D eigenvalue weighted by Crippen LogP contribution is -2.30. The van der Waals surface area contributed by atoms with Gasteiger partial charge in [0.15, 0.2) is 0 Å². The van der Waals surface area contributed by atoms with Crippen molar-refractivity contribution in [1.82, 2.24) is 0 Å². The highest BCUT2D eigenvalue weighted by molar-refractivity contribution is 7.92. The van der Waals surface area contributed by atoms with E-state index in [1.54, 1.807) is 29.2 Å². The molecule has 154 valence electrons. The van der Waals surface area contributed by atoms with Gasteiger partial charge in [-0.2, -0.15) is 0 Å². The van der Waals surface area contributed by atoms with Crippen molar-refractivity contribution in [2.75, 3.05) is 22.8 Å². The third-order valence-electron chi connectivity index (χ3n) is 5.46. The number of carbonyl (C=O) groups excluding carboxylic acids is 1. The molecule has 0 spiro atoms. The molecule has 0 saturated heterocycles. The largest absolute Gasteiger partial charge is 0.493 e. The fourth-order valence-corrected chi connectivity index (χ4v) is 5.09. The second kappa shape index (κ2) is 7.37. The van der Waals surface area contributed by atoms with E-state index >= 15 is 0 Å². The first-order chi connectivity index (χ1) is 13.8. The SMILES string of the molecule is CCOc1c(C)cc(S(=O)(=O)Nc2ccc3c(c2)N(C(=O)C2CC2)CC3)cc1C. The number of benzene rings is 2. The lowest BCUT2D eigenvalue weighted by atomic mass is 10.1. The van der Waals surface area contributed by atoms with Crippen LogP contribution in [-0.4, -0.2) is 27.5 Å². The molecule has 7 heteroatoms. The normalized spacial score (nSPS) is 15.9. The van der Waals surface area contributed by atoms with E-state index < -0.39 is 10.0 Å². The molecule has 1 aliphatic heterocycles. The predicted molar refractivity (Wildman–Crippen MR) is 113 cm³/mol. The second-order valence-electron chi connectivity index (χ2n) is 7.78. The highest BCUT2D eigenvalue weighted by atomic mass is 32.2. The summed E-state index contributed by atoms with van der Waals surface area (Å²) in [6.07, 6.45) is 2.71. The third-order valence-corrected chi connectivity index (χ3v) is 6.82. The quantitative estimate of drug-likeness (QED) is 0.780. The van der Waals surface area contributed by atoms with Gasteiger partial charge in [-0.05, 0) is 81.0 Å². The van der Waals surface area contributed by atoms with E-state index in [4.69, 9.17) is 4.74 Å². The van der Waals surface area contributed by atoms with Crippen LogP contribution in [0.1, 0.15) is 36.5 Å². The highest BCUT2D eigenvalue weighted by Crippen LogP contribution is 2.38. The zero-order valence-electron chi connectivity index (χ0n) is 17.0. The number of aryl methyl sites for hydroxylation is 2. The number of fused-ring (bicyclic) bond motifs is 1. The van der Waals surface area contributed by atoms with Crippen LogP contribution in [0.25, 0.3) is 0 Å². The molecule has 1 saturated carbocycles. The lowest BCUT2D eigenvalue weighted by molar-refractivity contribution is -0.119. The molecule has 0 aromatic heterocycles. The topological polar surface area (TPSA) is 75.7 Å². The van der Waals surface area contributed by atoms with Gasteiger partial charge in [0, 0.05) is 18.2 Å². The number of hydrogen-bond donors (Lipinski definition) is 1. The van der Waals surface area contributed by atoms with Crippen molar-refractivity contribution in [2.45, 2.75) is 44.9 Å². The molecule has 0 atom stereocenters. The maximum atomic E-state index is 13.0. The van der Waals surface area contributed by atoms with E-state index in [-0.39, 0.29) is 16.7 Å². The molecule has 0 unspecified atom stereocenters. The minimum atomic E-state index is -3.76. The van der Waals surface area contributed by atoms with Crippen LogP contribution in [0, 0.1) is 19.8 Å². The average Bonchev–Trinajstić information content (AvgIpc) is 3.43. The zero-order valence-corrected chi connectivity index (χ0v) is 17.8. The molecule has 0 bridgehead atoms. The Bertz CT molecular complexity index is 1050. The van der Waals surface area contributed by atoms with Crippen LogP contribution in [0.4, 0.5) is 11.4 Å². The summed E-state index contributed by atoms with van der Waals surface area (Å²) in [5, 5.41) is 0. The monoisotopic (exact) mass is 414 g/mol. The summed E-state index contributed by atoms with van der Waals surface area (Å²) in [6.45, 7) is 6.77. The summed E-state index contributed by atoms with van der Waals surface area (Å²) in [5.74, 6) is 1.01. The van der Waals surface area contributed by atoms with Crippen molar-refractivity contribution in [2.24, 2.45) is 5.92 Å². The molecule has 4 rings (SSSR count). The standard InChI is InChI=1S/C22H26N2O4S/c1-4-28-21-14(2)11-19(12-15(21)3)29(26,27)23-18-8-7-16-9-10-24(20(16)13-18)22(25)17-5-6-17/h7-8,11-13,17,23H,4-6,9-10H2,1-3H3. The zero-order chi connectivity index (χ0) is 20.8. The number of sulfonamides is 1. The van der Waals surface area contributed by atoms with Gasteiger partial charge in [0.2, 0.25) is 5.91 Å². The summed E-state index contributed by atoms with van der Waals surface area (Å²) >= 11 is 0. The number of ether oxygens (including phenoxy) is 1. The first-order valence-corrected chi connectivity index (χ1v) is 11.5. The molecule has 1 fully saturated rings. The first-order valence-electron chi connectivity index (χ1n) is 10.0. The molecule has 1 N–H and O–H groups in total. The molecule has 2 aliphatic rings. The number of nitrogens with one attached hydrogen (secondary N) is 1. The Morgan fingerprint density at radius 1 is 1.17 bits per heavy atom. The van der Waals surface area contributed by atoms with E-state index in [1.165, 1.54) is 0 Å². The van der Waals surface area contributed by atoms with Crippen LogP contribution in [-0.2, 0) is 21.2 Å². The Morgan fingerprint density at radius 2 is 1.86 bits per heavy atom. The number of nitrogens with zero attached hydrogens (tertiary/aromatic N) is 1. The lowest BCUT2D eigenvalue weighted by Gasteiger charge is -2.18. The van der Waals surface area contributed by atoms with Gasteiger partial charge in [-0.1, -0.05) is 6.07 Å². The van der Waals surface area contributed by atoms with Crippen molar-refractivity contribution >= 4 is 27.3 Å². The minimum absolute atomic E-state index is 0.135.